The Bertz CT molecular complexity index is 1040. The number of benzene rings is 2. The maximum Gasteiger partial charge on any atom is 0.205 e. The Morgan fingerprint density at radius 1 is 1.00 bits per heavy atom. The van der Waals surface area contributed by atoms with Gasteiger partial charge in [-0.15, -0.1) is 11.3 Å². The molecule has 0 spiro atoms. The van der Waals surface area contributed by atoms with Crippen LogP contribution in [0.5, 0.6) is 0 Å². The lowest BCUT2D eigenvalue weighted by atomic mass is 10.1. The molecule has 0 radical (unpaired) electrons. The highest BCUT2D eigenvalue weighted by molar-refractivity contribution is 7.14. The van der Waals surface area contributed by atoms with Gasteiger partial charge in [0.05, 0.1) is 17.4 Å². The maximum atomic E-state index is 5.58. The molecular weight excluding hydrogens is 330 g/mol. The molecule has 122 valence electrons. The van der Waals surface area contributed by atoms with Crippen molar-refractivity contribution in [1.82, 2.24) is 9.97 Å². The number of anilines is 2. The van der Waals surface area contributed by atoms with Crippen molar-refractivity contribution in [3.8, 4) is 11.3 Å². The van der Waals surface area contributed by atoms with Gasteiger partial charge < -0.3 is 5.73 Å². The molecule has 0 amide bonds. The Labute approximate surface area is 148 Å². The van der Waals surface area contributed by atoms with Crippen LogP contribution in [0, 0.1) is 0 Å². The number of nitrogens with zero attached hydrogens (tertiary/aromatic N) is 3. The number of nitrogens with two attached hydrogens (primary N) is 1. The van der Waals surface area contributed by atoms with Crippen LogP contribution in [0.15, 0.2) is 71.1 Å². The molecule has 0 bridgehead atoms. The van der Waals surface area contributed by atoms with Crippen molar-refractivity contribution in [2.75, 3.05) is 11.2 Å². The summed E-state index contributed by atoms with van der Waals surface area (Å²) in [5.74, 6) is 0.492. The van der Waals surface area contributed by atoms with E-state index in [2.05, 4.69) is 33.7 Å². The van der Waals surface area contributed by atoms with Gasteiger partial charge in [0.1, 0.15) is 5.82 Å². The Morgan fingerprint density at radius 2 is 1.84 bits per heavy atom. The third kappa shape index (κ3) is 3.49. The van der Waals surface area contributed by atoms with Gasteiger partial charge in [-0.05, 0) is 17.7 Å². The van der Waals surface area contributed by atoms with E-state index in [0.29, 0.717) is 10.9 Å². The number of rotatable bonds is 4. The average Bonchev–Trinajstić information content (AvgIpc) is 3.07. The fraction of sp³-hybridized carbons (Fsp3) is 0. The van der Waals surface area contributed by atoms with Gasteiger partial charge in [-0.2, -0.15) is 5.10 Å². The van der Waals surface area contributed by atoms with Crippen molar-refractivity contribution in [1.29, 1.82) is 0 Å². The van der Waals surface area contributed by atoms with Gasteiger partial charge in [0, 0.05) is 16.3 Å². The van der Waals surface area contributed by atoms with Crippen molar-refractivity contribution >= 4 is 39.4 Å². The largest absolute Gasteiger partial charge is 0.383 e. The van der Waals surface area contributed by atoms with E-state index in [1.54, 1.807) is 11.6 Å². The number of hydrazone groups is 1. The number of aromatic nitrogens is 2. The summed E-state index contributed by atoms with van der Waals surface area (Å²) in [6.07, 6.45) is 1.74. The number of hydrogen-bond donors (Lipinski definition) is 2. The number of hydrogen-bond acceptors (Lipinski definition) is 6. The summed E-state index contributed by atoms with van der Waals surface area (Å²) in [6, 6.07) is 20.3. The van der Waals surface area contributed by atoms with Crippen molar-refractivity contribution in [3.05, 3.63) is 71.6 Å². The molecule has 6 heteroatoms. The molecular formula is C19H15N5S. The summed E-state index contributed by atoms with van der Waals surface area (Å²) in [5.41, 5.74) is 12.4. The first-order valence-electron chi connectivity index (χ1n) is 7.74. The molecule has 0 saturated heterocycles. The first kappa shape index (κ1) is 15.3. The summed E-state index contributed by atoms with van der Waals surface area (Å²) in [7, 11) is 0. The van der Waals surface area contributed by atoms with Gasteiger partial charge in [0.15, 0.2) is 0 Å². The molecule has 25 heavy (non-hydrogen) atoms. The molecule has 0 fully saturated rings. The number of pyridine rings is 1. The second-order valence-electron chi connectivity index (χ2n) is 5.46. The molecule has 4 aromatic rings. The van der Waals surface area contributed by atoms with E-state index in [1.807, 2.05) is 42.5 Å². The van der Waals surface area contributed by atoms with Crippen LogP contribution in [0.1, 0.15) is 5.56 Å². The number of thiazole rings is 1. The predicted molar refractivity (Wildman–Crippen MR) is 105 cm³/mol. The van der Waals surface area contributed by atoms with E-state index in [4.69, 9.17) is 10.7 Å². The normalized spacial score (nSPS) is 11.2. The Balaban J connectivity index is 1.60. The van der Waals surface area contributed by atoms with Gasteiger partial charge in [-0.3, -0.25) is 5.43 Å². The van der Waals surface area contributed by atoms with Crippen LogP contribution in [0.4, 0.5) is 10.9 Å². The quantitative estimate of drug-likeness (QED) is 0.425. The summed E-state index contributed by atoms with van der Waals surface area (Å²) in [5, 5.41) is 7.73. The van der Waals surface area contributed by atoms with E-state index in [9.17, 15) is 0 Å². The molecule has 2 aromatic carbocycles. The molecule has 0 aliphatic rings. The molecule has 4 rings (SSSR count). The average molecular weight is 345 g/mol. The fourth-order valence-electron chi connectivity index (χ4n) is 2.48. The first-order valence-corrected chi connectivity index (χ1v) is 8.62. The number of nitrogen functional groups attached to an aromatic ring is 1. The van der Waals surface area contributed by atoms with Crippen molar-refractivity contribution in [2.45, 2.75) is 0 Å². The minimum atomic E-state index is 0.492. The number of fused-ring (bicyclic) bond motifs is 1. The van der Waals surface area contributed by atoms with Gasteiger partial charge in [-0.25, -0.2) is 9.97 Å². The SMILES string of the molecule is Nc1csc(NN=Cc2ccc3ccc(-c4ccccc4)nc3c2)n1. The number of nitrogens with one attached hydrogen (secondary N) is 1. The Morgan fingerprint density at radius 3 is 2.64 bits per heavy atom. The third-order valence-electron chi connectivity index (χ3n) is 3.68. The van der Waals surface area contributed by atoms with Crippen molar-refractivity contribution in [2.24, 2.45) is 5.10 Å². The topological polar surface area (TPSA) is 76.2 Å². The predicted octanol–water partition coefficient (Wildman–Crippen LogP) is 4.39. The van der Waals surface area contributed by atoms with E-state index < -0.39 is 0 Å². The first-order chi connectivity index (χ1) is 12.3. The zero-order valence-corrected chi connectivity index (χ0v) is 14.1. The van der Waals surface area contributed by atoms with Gasteiger partial charge in [0.25, 0.3) is 0 Å². The van der Waals surface area contributed by atoms with Crippen LogP contribution in [0.25, 0.3) is 22.2 Å². The Hall–Kier alpha value is -3.25. The molecule has 3 N–H and O–H groups in total. The van der Waals surface area contributed by atoms with E-state index in [0.717, 1.165) is 27.7 Å². The smallest absolute Gasteiger partial charge is 0.205 e. The highest BCUT2D eigenvalue weighted by Gasteiger charge is 2.02. The second kappa shape index (κ2) is 6.70. The molecule has 0 aliphatic heterocycles. The van der Waals surface area contributed by atoms with Crippen molar-refractivity contribution in [3.63, 3.8) is 0 Å². The summed E-state index contributed by atoms with van der Waals surface area (Å²) in [6.45, 7) is 0. The summed E-state index contributed by atoms with van der Waals surface area (Å²) >= 11 is 1.41. The van der Waals surface area contributed by atoms with Gasteiger partial charge in [0.2, 0.25) is 5.13 Å². The molecule has 0 unspecified atom stereocenters. The van der Waals surface area contributed by atoms with Crippen molar-refractivity contribution < 1.29 is 0 Å². The molecule has 0 saturated carbocycles. The molecule has 5 nitrogen and oxygen atoms in total. The van der Waals surface area contributed by atoms with Crippen LogP contribution >= 0.6 is 11.3 Å². The standard InChI is InChI=1S/C19H15N5S/c20-18-12-25-19(23-18)24-21-11-13-6-7-15-8-9-16(22-17(15)10-13)14-4-2-1-3-5-14/h1-12H,20H2,(H,23,24). The summed E-state index contributed by atoms with van der Waals surface area (Å²) in [4.78, 5) is 8.86. The minimum absolute atomic E-state index is 0.492. The summed E-state index contributed by atoms with van der Waals surface area (Å²) < 4.78 is 0. The maximum absolute atomic E-state index is 5.58. The van der Waals surface area contributed by atoms with Crippen LogP contribution < -0.4 is 11.2 Å². The third-order valence-corrected chi connectivity index (χ3v) is 4.45. The molecule has 2 aromatic heterocycles. The van der Waals surface area contributed by atoms with Gasteiger partial charge in [-0.1, -0.05) is 48.5 Å². The molecule has 2 heterocycles. The van der Waals surface area contributed by atoms with Gasteiger partial charge >= 0.3 is 0 Å². The monoisotopic (exact) mass is 345 g/mol. The minimum Gasteiger partial charge on any atom is -0.383 e. The van der Waals surface area contributed by atoms with Crippen LogP contribution in [0.2, 0.25) is 0 Å². The Kier molecular flexibility index (Phi) is 4.10. The highest BCUT2D eigenvalue weighted by atomic mass is 32.1. The lowest BCUT2D eigenvalue weighted by molar-refractivity contribution is 1.29. The van der Waals surface area contributed by atoms with Crippen LogP contribution in [-0.2, 0) is 0 Å². The van der Waals surface area contributed by atoms with E-state index in [-0.39, 0.29) is 0 Å². The molecule has 0 atom stereocenters. The lowest BCUT2D eigenvalue weighted by Gasteiger charge is -2.04. The zero-order valence-electron chi connectivity index (χ0n) is 13.3. The highest BCUT2D eigenvalue weighted by Crippen LogP contribution is 2.21. The molecule has 0 aliphatic carbocycles. The van der Waals surface area contributed by atoms with Crippen LogP contribution in [-0.4, -0.2) is 16.2 Å². The lowest BCUT2D eigenvalue weighted by Crippen LogP contribution is -1.92. The second-order valence-corrected chi connectivity index (χ2v) is 6.32. The van der Waals surface area contributed by atoms with Crippen LogP contribution in [0.3, 0.4) is 0 Å². The zero-order chi connectivity index (χ0) is 17.1. The van der Waals surface area contributed by atoms with E-state index in [1.165, 1.54) is 11.3 Å². The fourth-order valence-corrected chi connectivity index (χ4v) is 3.03. The van der Waals surface area contributed by atoms with E-state index >= 15 is 0 Å².